The van der Waals surface area contributed by atoms with E-state index in [-0.39, 0.29) is 5.97 Å². The van der Waals surface area contributed by atoms with Crippen LogP contribution >= 0.6 is 0 Å². The Kier molecular flexibility index (Phi) is 3.51. The maximum atomic E-state index is 11.8. The van der Waals surface area contributed by atoms with Crippen LogP contribution in [0.4, 0.5) is 0 Å². The molecule has 0 amide bonds. The van der Waals surface area contributed by atoms with Crippen LogP contribution in [0.5, 0.6) is 0 Å². The molecule has 0 radical (unpaired) electrons. The molecule has 1 aromatic carbocycles. The summed E-state index contributed by atoms with van der Waals surface area (Å²) in [4.78, 5) is 11.8. The Morgan fingerprint density at radius 2 is 1.83 bits per heavy atom. The lowest BCUT2D eigenvalue weighted by Crippen LogP contribution is -2.02. The van der Waals surface area contributed by atoms with E-state index in [0.29, 0.717) is 11.6 Å². The zero-order valence-electron chi connectivity index (χ0n) is 10.9. The molecule has 18 heavy (non-hydrogen) atoms. The summed E-state index contributed by atoms with van der Waals surface area (Å²) in [5, 5.41) is 0. The Morgan fingerprint density at radius 3 is 2.39 bits per heavy atom. The van der Waals surface area contributed by atoms with Gasteiger partial charge in [0.25, 0.3) is 0 Å². The van der Waals surface area contributed by atoms with Gasteiger partial charge < -0.3 is 9.30 Å². The van der Waals surface area contributed by atoms with E-state index >= 15 is 0 Å². The molecule has 1 aromatic heterocycles. The fourth-order valence-corrected chi connectivity index (χ4v) is 1.89. The maximum Gasteiger partial charge on any atom is 0.340 e. The number of esters is 1. The van der Waals surface area contributed by atoms with E-state index in [1.807, 2.05) is 47.3 Å². The Labute approximate surface area is 107 Å². The average molecular weight is 243 g/mol. The van der Waals surface area contributed by atoms with Gasteiger partial charge in [0.2, 0.25) is 0 Å². The van der Waals surface area contributed by atoms with E-state index in [1.54, 1.807) is 0 Å². The van der Waals surface area contributed by atoms with Crippen molar-refractivity contribution in [3.63, 3.8) is 0 Å². The topological polar surface area (TPSA) is 31.2 Å². The van der Waals surface area contributed by atoms with Gasteiger partial charge in [0.1, 0.15) is 0 Å². The highest BCUT2D eigenvalue weighted by Crippen LogP contribution is 2.26. The molecule has 0 fully saturated rings. The first-order chi connectivity index (χ1) is 8.63. The number of carbonyl (C=O) groups excluding carboxylic acids is 1. The smallest absolute Gasteiger partial charge is 0.340 e. The molecular weight excluding hydrogens is 226 g/mol. The lowest BCUT2D eigenvalue weighted by molar-refractivity contribution is 0.0601. The van der Waals surface area contributed by atoms with Crippen molar-refractivity contribution in [3.05, 3.63) is 48.3 Å². The lowest BCUT2D eigenvalue weighted by Gasteiger charge is -2.05. The van der Waals surface area contributed by atoms with Crippen LogP contribution in [0.1, 0.15) is 30.2 Å². The molecule has 0 unspecified atom stereocenters. The predicted molar refractivity (Wildman–Crippen MR) is 71.6 cm³/mol. The number of methoxy groups -OCH3 is 1. The van der Waals surface area contributed by atoms with E-state index < -0.39 is 0 Å². The van der Waals surface area contributed by atoms with Crippen molar-refractivity contribution in [2.24, 2.45) is 0 Å². The van der Waals surface area contributed by atoms with Crippen molar-refractivity contribution in [1.82, 2.24) is 4.57 Å². The molecule has 0 saturated heterocycles. The number of ether oxygens (including phenoxy) is 1. The van der Waals surface area contributed by atoms with E-state index in [0.717, 1.165) is 11.1 Å². The van der Waals surface area contributed by atoms with Crippen molar-refractivity contribution in [1.29, 1.82) is 0 Å². The summed E-state index contributed by atoms with van der Waals surface area (Å²) in [7, 11) is 1.41. The summed E-state index contributed by atoms with van der Waals surface area (Å²) in [5.41, 5.74) is 2.55. The second-order valence-electron chi connectivity index (χ2n) is 4.48. The summed E-state index contributed by atoms with van der Waals surface area (Å²) in [6, 6.07) is 10.2. The van der Waals surface area contributed by atoms with Crippen molar-refractivity contribution in [3.8, 4) is 11.1 Å². The third kappa shape index (κ3) is 2.30. The van der Waals surface area contributed by atoms with E-state index in [1.165, 1.54) is 7.11 Å². The molecule has 3 heteroatoms. The van der Waals surface area contributed by atoms with Gasteiger partial charge >= 0.3 is 5.97 Å². The number of nitrogens with zero attached hydrogens (tertiary/aromatic N) is 1. The van der Waals surface area contributed by atoms with Crippen LogP contribution in [-0.4, -0.2) is 17.6 Å². The molecule has 0 saturated carbocycles. The van der Waals surface area contributed by atoms with Gasteiger partial charge in [-0.25, -0.2) is 4.79 Å². The Hall–Kier alpha value is -2.03. The van der Waals surface area contributed by atoms with Gasteiger partial charge in [-0.2, -0.15) is 0 Å². The van der Waals surface area contributed by atoms with Gasteiger partial charge in [-0.05, 0) is 19.4 Å². The Bertz CT molecular complexity index is 541. The minimum atomic E-state index is -0.298. The van der Waals surface area contributed by atoms with Crippen molar-refractivity contribution >= 4 is 5.97 Å². The number of benzene rings is 1. The van der Waals surface area contributed by atoms with Gasteiger partial charge in [0.05, 0.1) is 12.7 Å². The minimum Gasteiger partial charge on any atom is -0.465 e. The normalized spacial score (nSPS) is 10.7. The Morgan fingerprint density at radius 1 is 1.17 bits per heavy atom. The highest BCUT2D eigenvalue weighted by atomic mass is 16.5. The molecule has 0 aliphatic heterocycles. The summed E-state index contributed by atoms with van der Waals surface area (Å²) in [5.74, 6) is -0.298. The highest BCUT2D eigenvalue weighted by molar-refractivity contribution is 5.97. The molecule has 0 atom stereocenters. The molecule has 1 heterocycles. The standard InChI is InChI=1S/C15H17NO2/c1-11(2)16-9-13(12-7-5-4-6-8-12)14(10-16)15(17)18-3/h4-11H,1-3H3. The third-order valence-corrected chi connectivity index (χ3v) is 2.93. The maximum absolute atomic E-state index is 11.8. The van der Waals surface area contributed by atoms with Crippen LogP contribution in [0.2, 0.25) is 0 Å². The first-order valence-corrected chi connectivity index (χ1v) is 5.98. The van der Waals surface area contributed by atoms with Crippen molar-refractivity contribution < 1.29 is 9.53 Å². The monoisotopic (exact) mass is 243 g/mol. The average Bonchev–Trinajstić information content (AvgIpc) is 2.84. The molecular formula is C15H17NO2. The quantitative estimate of drug-likeness (QED) is 0.772. The fourth-order valence-electron chi connectivity index (χ4n) is 1.89. The second-order valence-corrected chi connectivity index (χ2v) is 4.48. The van der Waals surface area contributed by atoms with Crippen LogP contribution in [0, 0.1) is 0 Å². The zero-order chi connectivity index (χ0) is 13.1. The lowest BCUT2D eigenvalue weighted by atomic mass is 10.1. The zero-order valence-corrected chi connectivity index (χ0v) is 10.9. The minimum absolute atomic E-state index is 0.298. The Balaban J connectivity index is 2.54. The number of hydrogen-bond acceptors (Lipinski definition) is 2. The summed E-state index contributed by atoms with van der Waals surface area (Å²) < 4.78 is 6.86. The third-order valence-electron chi connectivity index (χ3n) is 2.93. The van der Waals surface area contributed by atoms with Crippen molar-refractivity contribution in [2.75, 3.05) is 7.11 Å². The van der Waals surface area contributed by atoms with E-state index in [9.17, 15) is 4.79 Å². The largest absolute Gasteiger partial charge is 0.465 e. The highest BCUT2D eigenvalue weighted by Gasteiger charge is 2.17. The van der Waals surface area contributed by atoms with E-state index in [4.69, 9.17) is 4.74 Å². The van der Waals surface area contributed by atoms with E-state index in [2.05, 4.69) is 13.8 Å². The van der Waals surface area contributed by atoms with Gasteiger partial charge in [-0.3, -0.25) is 0 Å². The summed E-state index contributed by atoms with van der Waals surface area (Å²) in [6.45, 7) is 4.16. The molecule has 2 aromatic rings. The summed E-state index contributed by atoms with van der Waals surface area (Å²) in [6.07, 6.45) is 3.84. The molecule has 0 aliphatic carbocycles. The van der Waals surface area contributed by atoms with Crippen molar-refractivity contribution in [2.45, 2.75) is 19.9 Å². The first-order valence-electron chi connectivity index (χ1n) is 5.98. The number of rotatable bonds is 3. The van der Waals surface area contributed by atoms with Crippen LogP contribution < -0.4 is 0 Å². The second kappa shape index (κ2) is 5.08. The molecule has 3 nitrogen and oxygen atoms in total. The predicted octanol–water partition coefficient (Wildman–Crippen LogP) is 3.52. The van der Waals surface area contributed by atoms with Gasteiger partial charge in [-0.15, -0.1) is 0 Å². The van der Waals surface area contributed by atoms with Crippen LogP contribution in [-0.2, 0) is 4.74 Å². The molecule has 2 rings (SSSR count). The summed E-state index contributed by atoms with van der Waals surface area (Å²) >= 11 is 0. The number of aromatic nitrogens is 1. The van der Waals surface area contributed by atoms with Crippen LogP contribution in [0.3, 0.4) is 0 Å². The van der Waals surface area contributed by atoms with Crippen LogP contribution in [0.15, 0.2) is 42.7 Å². The fraction of sp³-hybridized carbons (Fsp3) is 0.267. The number of hydrogen-bond donors (Lipinski definition) is 0. The first kappa shape index (κ1) is 12.4. The molecule has 0 spiro atoms. The SMILES string of the molecule is COC(=O)c1cn(C(C)C)cc1-c1ccccc1. The van der Waals surface area contributed by atoms with Gasteiger partial charge in [-0.1, -0.05) is 30.3 Å². The molecule has 0 N–H and O–H groups in total. The number of carbonyl (C=O) groups is 1. The molecule has 0 bridgehead atoms. The van der Waals surface area contributed by atoms with Crippen LogP contribution in [0.25, 0.3) is 11.1 Å². The van der Waals surface area contributed by atoms with Gasteiger partial charge in [0.15, 0.2) is 0 Å². The molecule has 94 valence electrons. The molecule has 0 aliphatic rings. The van der Waals surface area contributed by atoms with Gasteiger partial charge in [0, 0.05) is 24.0 Å².